The molecule has 1 aromatic carbocycles. The number of halogens is 2. The van der Waals surface area contributed by atoms with Crippen molar-refractivity contribution in [2.45, 2.75) is 6.42 Å². The Morgan fingerprint density at radius 2 is 2.13 bits per heavy atom. The molecule has 0 aliphatic carbocycles. The summed E-state index contributed by atoms with van der Waals surface area (Å²) in [6.07, 6.45) is -0.219. The first kappa shape index (κ1) is 10.0. The molecular weight excluding hydrogens is 222 g/mol. The molecular formula is C10H6F2O2S. The van der Waals surface area contributed by atoms with Gasteiger partial charge < -0.3 is 5.11 Å². The molecule has 1 N–H and O–H groups in total. The third kappa shape index (κ3) is 1.83. The van der Waals surface area contributed by atoms with Crippen molar-refractivity contribution in [2.75, 3.05) is 0 Å². The molecule has 0 spiro atoms. The smallest absolute Gasteiger partial charge is 0.307 e. The van der Waals surface area contributed by atoms with E-state index < -0.39 is 17.6 Å². The summed E-state index contributed by atoms with van der Waals surface area (Å²) in [6, 6.07) is 1.95. The van der Waals surface area contributed by atoms with Gasteiger partial charge in [-0.1, -0.05) is 0 Å². The van der Waals surface area contributed by atoms with Crippen molar-refractivity contribution in [3.8, 4) is 0 Å². The van der Waals surface area contributed by atoms with Crippen LogP contribution in [-0.2, 0) is 11.2 Å². The van der Waals surface area contributed by atoms with E-state index in [1.807, 2.05) is 0 Å². The lowest BCUT2D eigenvalue weighted by molar-refractivity contribution is -0.136. The fourth-order valence-corrected chi connectivity index (χ4v) is 2.37. The van der Waals surface area contributed by atoms with Gasteiger partial charge in [0.15, 0.2) is 0 Å². The molecule has 0 saturated heterocycles. The highest BCUT2D eigenvalue weighted by molar-refractivity contribution is 7.17. The number of benzene rings is 1. The first-order valence-electron chi connectivity index (χ1n) is 4.15. The average molecular weight is 228 g/mol. The van der Waals surface area contributed by atoms with Gasteiger partial charge in [0.1, 0.15) is 11.6 Å². The van der Waals surface area contributed by atoms with E-state index in [9.17, 15) is 13.6 Å². The zero-order valence-electron chi connectivity index (χ0n) is 7.46. The molecule has 1 aromatic heterocycles. The molecule has 0 fully saturated rings. The first-order valence-corrected chi connectivity index (χ1v) is 5.03. The maximum atomic E-state index is 13.2. The summed E-state index contributed by atoms with van der Waals surface area (Å²) < 4.78 is 26.4. The van der Waals surface area contributed by atoms with E-state index in [2.05, 4.69) is 0 Å². The Labute approximate surface area is 87.8 Å². The molecule has 78 valence electrons. The zero-order valence-corrected chi connectivity index (χ0v) is 8.28. The van der Waals surface area contributed by atoms with Crippen LogP contribution < -0.4 is 0 Å². The Morgan fingerprint density at radius 1 is 1.40 bits per heavy atom. The summed E-state index contributed by atoms with van der Waals surface area (Å²) in [5.41, 5.74) is 0.445. The summed E-state index contributed by atoms with van der Waals surface area (Å²) >= 11 is 1.09. The highest BCUT2D eigenvalue weighted by Gasteiger charge is 2.12. The molecule has 0 unspecified atom stereocenters. The summed E-state index contributed by atoms with van der Waals surface area (Å²) in [4.78, 5) is 10.5. The van der Waals surface area contributed by atoms with Crippen LogP contribution in [0.2, 0.25) is 0 Å². The minimum Gasteiger partial charge on any atom is -0.481 e. The van der Waals surface area contributed by atoms with E-state index in [0.717, 1.165) is 23.5 Å². The first-order chi connectivity index (χ1) is 7.08. The van der Waals surface area contributed by atoms with Gasteiger partial charge in [-0.05, 0) is 17.0 Å². The van der Waals surface area contributed by atoms with Crippen LogP contribution in [0.4, 0.5) is 8.78 Å². The van der Waals surface area contributed by atoms with E-state index in [1.165, 1.54) is 0 Å². The molecule has 5 heteroatoms. The van der Waals surface area contributed by atoms with Gasteiger partial charge in [0.2, 0.25) is 0 Å². The Hall–Kier alpha value is -1.49. The maximum Gasteiger partial charge on any atom is 0.307 e. The third-order valence-corrected chi connectivity index (χ3v) is 3.07. The predicted molar refractivity (Wildman–Crippen MR) is 53.1 cm³/mol. The summed E-state index contributed by atoms with van der Waals surface area (Å²) in [7, 11) is 0. The number of thiophene rings is 1. The highest BCUT2D eigenvalue weighted by atomic mass is 32.1. The van der Waals surface area contributed by atoms with E-state index in [1.54, 1.807) is 5.38 Å². The number of carbonyl (C=O) groups is 1. The second-order valence-electron chi connectivity index (χ2n) is 3.10. The lowest BCUT2D eigenvalue weighted by Gasteiger charge is -1.96. The summed E-state index contributed by atoms with van der Waals surface area (Å²) in [5.74, 6) is -2.35. The van der Waals surface area contributed by atoms with Crippen LogP contribution in [0.1, 0.15) is 5.56 Å². The quantitative estimate of drug-likeness (QED) is 0.858. The molecule has 0 amide bonds. The van der Waals surface area contributed by atoms with Crippen molar-refractivity contribution in [1.82, 2.24) is 0 Å². The SMILES string of the molecule is O=C(O)Cc1csc2c(F)cc(F)cc12. The van der Waals surface area contributed by atoms with Gasteiger partial charge in [0.05, 0.1) is 11.1 Å². The second kappa shape index (κ2) is 3.58. The molecule has 0 saturated carbocycles. The molecule has 2 aromatic rings. The molecule has 1 heterocycles. The van der Waals surface area contributed by atoms with Crippen molar-refractivity contribution in [1.29, 1.82) is 0 Å². The van der Waals surface area contributed by atoms with Gasteiger partial charge in [-0.15, -0.1) is 11.3 Å². The Kier molecular flexibility index (Phi) is 2.40. The number of carboxylic acid groups (broad SMARTS) is 1. The van der Waals surface area contributed by atoms with E-state index >= 15 is 0 Å². The van der Waals surface area contributed by atoms with Gasteiger partial charge in [0.25, 0.3) is 0 Å². The fraction of sp³-hybridized carbons (Fsp3) is 0.100. The van der Waals surface area contributed by atoms with Gasteiger partial charge >= 0.3 is 5.97 Å². The number of rotatable bonds is 2. The van der Waals surface area contributed by atoms with Crippen LogP contribution in [0.3, 0.4) is 0 Å². The van der Waals surface area contributed by atoms with Gasteiger partial charge in [-0.2, -0.15) is 0 Å². The van der Waals surface area contributed by atoms with Crippen LogP contribution in [0, 0.1) is 11.6 Å². The van der Waals surface area contributed by atoms with E-state index in [4.69, 9.17) is 5.11 Å². The number of aliphatic carboxylic acids is 1. The monoisotopic (exact) mass is 228 g/mol. The van der Waals surface area contributed by atoms with E-state index in [-0.39, 0.29) is 6.42 Å². The van der Waals surface area contributed by atoms with Crippen molar-refractivity contribution in [3.05, 3.63) is 34.7 Å². The minimum absolute atomic E-state index is 0.219. The molecule has 15 heavy (non-hydrogen) atoms. The van der Waals surface area contributed by atoms with Crippen molar-refractivity contribution < 1.29 is 18.7 Å². The van der Waals surface area contributed by atoms with Crippen LogP contribution in [0.25, 0.3) is 10.1 Å². The average Bonchev–Trinajstić information content (AvgIpc) is 2.48. The molecule has 2 rings (SSSR count). The molecule has 0 aliphatic rings. The van der Waals surface area contributed by atoms with Gasteiger partial charge in [-0.25, -0.2) is 8.78 Å². The summed E-state index contributed by atoms with van der Waals surface area (Å²) in [6.45, 7) is 0. The molecule has 0 aliphatic heterocycles. The van der Waals surface area contributed by atoms with E-state index in [0.29, 0.717) is 15.6 Å². The Bertz CT molecular complexity index is 533. The lowest BCUT2D eigenvalue weighted by Crippen LogP contribution is -1.98. The number of hydrogen-bond donors (Lipinski definition) is 1. The summed E-state index contributed by atoms with van der Waals surface area (Å²) in [5, 5.41) is 10.5. The van der Waals surface area contributed by atoms with Gasteiger partial charge in [0, 0.05) is 11.5 Å². The molecule has 0 bridgehead atoms. The Balaban J connectivity index is 2.63. The lowest BCUT2D eigenvalue weighted by atomic mass is 10.1. The fourth-order valence-electron chi connectivity index (χ4n) is 1.41. The normalized spacial score (nSPS) is 10.8. The minimum atomic E-state index is -1.01. The largest absolute Gasteiger partial charge is 0.481 e. The van der Waals surface area contributed by atoms with Crippen LogP contribution in [0.15, 0.2) is 17.5 Å². The van der Waals surface area contributed by atoms with Crippen molar-refractivity contribution >= 4 is 27.4 Å². The molecule has 0 atom stereocenters. The van der Waals surface area contributed by atoms with Crippen LogP contribution in [-0.4, -0.2) is 11.1 Å². The van der Waals surface area contributed by atoms with Gasteiger partial charge in [-0.3, -0.25) is 4.79 Å². The topological polar surface area (TPSA) is 37.3 Å². The number of carboxylic acids is 1. The van der Waals surface area contributed by atoms with Crippen LogP contribution in [0.5, 0.6) is 0 Å². The number of hydrogen-bond acceptors (Lipinski definition) is 2. The standard InChI is InChI=1S/C10H6F2O2S/c11-6-2-7-5(1-9(13)14)4-15-10(7)8(12)3-6/h2-4H,1H2,(H,13,14). The zero-order chi connectivity index (χ0) is 11.0. The molecule has 2 nitrogen and oxygen atoms in total. The van der Waals surface area contributed by atoms with Crippen molar-refractivity contribution in [3.63, 3.8) is 0 Å². The maximum absolute atomic E-state index is 13.2. The number of fused-ring (bicyclic) bond motifs is 1. The molecule has 0 radical (unpaired) electrons. The third-order valence-electron chi connectivity index (χ3n) is 2.02. The second-order valence-corrected chi connectivity index (χ2v) is 3.98. The Morgan fingerprint density at radius 3 is 2.80 bits per heavy atom. The van der Waals surface area contributed by atoms with Crippen molar-refractivity contribution in [2.24, 2.45) is 0 Å². The highest BCUT2D eigenvalue weighted by Crippen LogP contribution is 2.29. The predicted octanol–water partition coefficient (Wildman–Crippen LogP) is 2.81. The van der Waals surface area contributed by atoms with Crippen LogP contribution >= 0.6 is 11.3 Å².